The van der Waals surface area contributed by atoms with Gasteiger partial charge in [-0.3, -0.25) is 0 Å². The van der Waals surface area contributed by atoms with E-state index in [1.54, 1.807) is 6.07 Å². The summed E-state index contributed by atoms with van der Waals surface area (Å²) in [6.45, 7) is 4.06. The van der Waals surface area contributed by atoms with Crippen LogP contribution in [0.15, 0.2) is 18.2 Å². The highest BCUT2D eigenvalue weighted by molar-refractivity contribution is 6.17. The fourth-order valence-electron chi connectivity index (χ4n) is 1.26. The summed E-state index contributed by atoms with van der Waals surface area (Å²) in [7, 11) is 0. The molecule has 0 heterocycles. The molecular formula is C13H15ClFNO. The lowest BCUT2D eigenvalue weighted by Crippen LogP contribution is -2.13. The largest absolute Gasteiger partial charge is 0.493 e. The van der Waals surface area contributed by atoms with E-state index in [9.17, 15) is 4.39 Å². The molecule has 0 saturated heterocycles. The van der Waals surface area contributed by atoms with Crippen LogP contribution in [0, 0.1) is 22.6 Å². The molecule has 0 unspecified atom stereocenters. The monoisotopic (exact) mass is 255 g/mol. The van der Waals surface area contributed by atoms with Crippen molar-refractivity contribution in [3.63, 3.8) is 0 Å². The summed E-state index contributed by atoms with van der Waals surface area (Å²) in [5, 5.41) is 8.83. The van der Waals surface area contributed by atoms with E-state index in [1.165, 1.54) is 12.1 Å². The maximum atomic E-state index is 13.2. The van der Waals surface area contributed by atoms with Gasteiger partial charge in [0.1, 0.15) is 11.6 Å². The first kappa shape index (κ1) is 13.8. The van der Waals surface area contributed by atoms with E-state index in [4.69, 9.17) is 21.6 Å². The zero-order chi connectivity index (χ0) is 12.9. The van der Waals surface area contributed by atoms with E-state index in [1.807, 2.05) is 13.8 Å². The Morgan fingerprint density at radius 3 is 2.71 bits per heavy atom. The molecule has 0 aliphatic carbocycles. The molecule has 0 fully saturated rings. The lowest BCUT2D eigenvalue weighted by atomic mass is 9.92. The predicted molar refractivity (Wildman–Crippen MR) is 65.5 cm³/mol. The summed E-state index contributed by atoms with van der Waals surface area (Å²) in [5.41, 5.74) is 0.254. The van der Waals surface area contributed by atoms with Crippen LogP contribution in [0.4, 0.5) is 4.39 Å². The number of nitrogens with zero attached hydrogens (tertiary/aromatic N) is 1. The zero-order valence-electron chi connectivity index (χ0n) is 9.96. The van der Waals surface area contributed by atoms with E-state index >= 15 is 0 Å². The summed E-state index contributed by atoms with van der Waals surface area (Å²) in [6, 6.07) is 6.58. The van der Waals surface area contributed by atoms with Gasteiger partial charge in [0, 0.05) is 11.9 Å². The average molecular weight is 256 g/mol. The molecule has 1 aromatic rings. The first-order valence-electron chi connectivity index (χ1n) is 5.36. The number of hydrogen-bond donors (Lipinski definition) is 0. The molecule has 92 valence electrons. The number of nitriles is 1. The third-order valence-corrected chi connectivity index (χ3v) is 2.69. The number of rotatable bonds is 5. The molecule has 0 radical (unpaired) electrons. The molecule has 17 heavy (non-hydrogen) atoms. The van der Waals surface area contributed by atoms with Crippen LogP contribution in [0.1, 0.15) is 25.8 Å². The Balaban J connectivity index is 2.58. The summed E-state index contributed by atoms with van der Waals surface area (Å²) < 4.78 is 18.6. The van der Waals surface area contributed by atoms with Gasteiger partial charge >= 0.3 is 0 Å². The Morgan fingerprint density at radius 2 is 2.12 bits per heavy atom. The molecule has 0 bridgehead atoms. The summed E-state index contributed by atoms with van der Waals surface area (Å²) in [6.07, 6.45) is 0.593. The van der Waals surface area contributed by atoms with Crippen LogP contribution in [0.2, 0.25) is 0 Å². The number of alkyl halides is 1. The quantitative estimate of drug-likeness (QED) is 0.748. The molecule has 0 aromatic heterocycles. The second-order valence-corrected chi connectivity index (χ2v) is 4.79. The van der Waals surface area contributed by atoms with Crippen LogP contribution < -0.4 is 4.74 Å². The topological polar surface area (TPSA) is 33.0 Å². The van der Waals surface area contributed by atoms with Gasteiger partial charge in [0.2, 0.25) is 0 Å². The Kier molecular flexibility index (Phi) is 4.77. The van der Waals surface area contributed by atoms with Crippen LogP contribution >= 0.6 is 11.6 Å². The van der Waals surface area contributed by atoms with Gasteiger partial charge in [-0.2, -0.15) is 5.26 Å². The van der Waals surface area contributed by atoms with Crippen molar-refractivity contribution in [3.05, 3.63) is 29.6 Å². The standard InChI is InChI=1S/C13H15ClFNO/c1-13(2,9-16)3-4-17-12-6-10(8-14)5-11(15)7-12/h5-7H,3-4,8H2,1-2H3. The minimum atomic E-state index is -0.428. The Labute approximate surface area is 106 Å². The molecule has 0 saturated carbocycles. The minimum Gasteiger partial charge on any atom is -0.493 e. The van der Waals surface area contributed by atoms with Gasteiger partial charge in [-0.25, -0.2) is 4.39 Å². The Morgan fingerprint density at radius 1 is 1.41 bits per heavy atom. The van der Waals surface area contributed by atoms with Crippen LogP contribution in [-0.2, 0) is 5.88 Å². The Hall–Kier alpha value is -1.27. The second kappa shape index (κ2) is 5.88. The molecule has 1 rings (SSSR count). The van der Waals surface area contributed by atoms with Crippen molar-refractivity contribution in [3.8, 4) is 11.8 Å². The smallest absolute Gasteiger partial charge is 0.127 e. The van der Waals surface area contributed by atoms with Crippen molar-refractivity contribution in [2.45, 2.75) is 26.1 Å². The number of hydrogen-bond acceptors (Lipinski definition) is 2. The average Bonchev–Trinajstić information content (AvgIpc) is 2.28. The SMILES string of the molecule is CC(C)(C#N)CCOc1cc(F)cc(CCl)c1. The van der Waals surface area contributed by atoms with E-state index in [-0.39, 0.29) is 11.7 Å². The first-order valence-corrected chi connectivity index (χ1v) is 5.90. The van der Waals surface area contributed by atoms with Gasteiger partial charge in [0.15, 0.2) is 0 Å². The van der Waals surface area contributed by atoms with Crippen molar-refractivity contribution in [2.75, 3.05) is 6.61 Å². The second-order valence-electron chi connectivity index (χ2n) is 4.52. The molecule has 0 spiro atoms. The molecule has 1 aromatic carbocycles. The minimum absolute atomic E-state index is 0.248. The van der Waals surface area contributed by atoms with E-state index < -0.39 is 5.41 Å². The molecule has 0 aliphatic heterocycles. The zero-order valence-corrected chi connectivity index (χ0v) is 10.7. The van der Waals surface area contributed by atoms with Crippen LogP contribution in [-0.4, -0.2) is 6.61 Å². The number of halogens is 2. The summed E-state index contributed by atoms with van der Waals surface area (Å²) >= 11 is 5.63. The van der Waals surface area contributed by atoms with Gasteiger partial charge in [0.05, 0.1) is 18.1 Å². The molecule has 0 atom stereocenters. The van der Waals surface area contributed by atoms with Gasteiger partial charge in [-0.1, -0.05) is 0 Å². The molecule has 0 N–H and O–H groups in total. The maximum absolute atomic E-state index is 13.2. The maximum Gasteiger partial charge on any atom is 0.127 e. The van der Waals surface area contributed by atoms with Crippen molar-refractivity contribution >= 4 is 11.6 Å². The normalized spacial score (nSPS) is 11.0. The van der Waals surface area contributed by atoms with Crippen LogP contribution in [0.3, 0.4) is 0 Å². The lowest BCUT2D eigenvalue weighted by molar-refractivity contribution is 0.263. The van der Waals surface area contributed by atoms with Crippen molar-refractivity contribution in [1.29, 1.82) is 5.26 Å². The van der Waals surface area contributed by atoms with Gasteiger partial charge in [-0.05, 0) is 38.0 Å². The van der Waals surface area contributed by atoms with Crippen molar-refractivity contribution < 1.29 is 9.13 Å². The highest BCUT2D eigenvalue weighted by Gasteiger charge is 2.16. The highest BCUT2D eigenvalue weighted by atomic mass is 35.5. The van der Waals surface area contributed by atoms with Gasteiger partial charge in [-0.15, -0.1) is 11.6 Å². The van der Waals surface area contributed by atoms with E-state index in [2.05, 4.69) is 6.07 Å². The van der Waals surface area contributed by atoms with Crippen LogP contribution in [0.5, 0.6) is 5.75 Å². The molecule has 0 aliphatic rings. The summed E-state index contributed by atoms with van der Waals surface area (Å²) in [4.78, 5) is 0. The first-order chi connectivity index (χ1) is 7.96. The molecule has 4 heteroatoms. The number of benzene rings is 1. The van der Waals surface area contributed by atoms with E-state index in [0.717, 1.165) is 0 Å². The highest BCUT2D eigenvalue weighted by Crippen LogP contribution is 2.21. The van der Waals surface area contributed by atoms with Crippen LogP contribution in [0.25, 0.3) is 0 Å². The predicted octanol–water partition coefficient (Wildman–Crippen LogP) is 3.88. The fourth-order valence-corrected chi connectivity index (χ4v) is 1.42. The van der Waals surface area contributed by atoms with E-state index in [0.29, 0.717) is 24.3 Å². The number of ether oxygens (including phenoxy) is 1. The third-order valence-electron chi connectivity index (χ3n) is 2.38. The molecular weight excluding hydrogens is 241 g/mol. The molecule has 2 nitrogen and oxygen atoms in total. The fraction of sp³-hybridized carbons (Fsp3) is 0.462. The third kappa shape index (κ3) is 4.62. The lowest BCUT2D eigenvalue weighted by Gasteiger charge is -2.15. The molecule has 0 amide bonds. The van der Waals surface area contributed by atoms with Crippen molar-refractivity contribution in [1.82, 2.24) is 0 Å². The Bertz CT molecular complexity index is 426. The van der Waals surface area contributed by atoms with Gasteiger partial charge in [0.25, 0.3) is 0 Å². The summed E-state index contributed by atoms with van der Waals surface area (Å²) in [5.74, 6) is 0.338. The van der Waals surface area contributed by atoms with Crippen molar-refractivity contribution in [2.24, 2.45) is 5.41 Å². The van der Waals surface area contributed by atoms with Gasteiger partial charge < -0.3 is 4.74 Å².